The van der Waals surface area contributed by atoms with Crippen molar-refractivity contribution in [3.8, 4) is 11.3 Å². The van der Waals surface area contributed by atoms with Crippen LogP contribution in [0.4, 0.5) is 4.39 Å². The summed E-state index contributed by atoms with van der Waals surface area (Å²) in [6.07, 6.45) is -2.64. The van der Waals surface area contributed by atoms with Gasteiger partial charge in [0.15, 0.2) is 0 Å². The minimum absolute atomic E-state index is 0.523. The van der Waals surface area contributed by atoms with Crippen LogP contribution in [-0.4, -0.2) is 48.5 Å². The average Bonchev–Trinajstić information content (AvgIpc) is 2.31. The van der Waals surface area contributed by atoms with Crippen LogP contribution >= 0.6 is 11.6 Å². The Morgan fingerprint density at radius 3 is 2.69 bits per heavy atom. The summed E-state index contributed by atoms with van der Waals surface area (Å²) in [5, 5.41) is 19.8. The summed E-state index contributed by atoms with van der Waals surface area (Å²) < 4.78 is 18.4. The zero-order valence-corrected chi connectivity index (χ0v) is 7.33. The molecule has 1 saturated heterocycles. The standard InChI is InChI=1S/C7H7BClFO3/c8-6-7(10,1-2-9)5(12)4(3-11)13-6/h4-6,11-12H,3H2. The Hall–Kier alpha value is -0.275. The third-order valence-corrected chi connectivity index (χ3v) is 2.03. The van der Waals surface area contributed by atoms with Gasteiger partial charge in [-0.05, 0) is 17.5 Å². The molecular formula is C7H7BClFO3. The van der Waals surface area contributed by atoms with E-state index < -0.39 is 30.5 Å². The Bertz CT molecular complexity index is 254. The van der Waals surface area contributed by atoms with Crippen molar-refractivity contribution in [2.75, 3.05) is 6.61 Å². The number of aliphatic hydroxyl groups excluding tert-OH is 2. The molecule has 1 rings (SSSR count). The SMILES string of the molecule is [B]C1OC(CO)C(O)C1(F)C#CCl. The Labute approximate surface area is 81.2 Å². The molecule has 4 atom stereocenters. The van der Waals surface area contributed by atoms with Crippen LogP contribution in [0.2, 0.25) is 0 Å². The van der Waals surface area contributed by atoms with Crippen molar-refractivity contribution in [1.29, 1.82) is 0 Å². The summed E-state index contributed by atoms with van der Waals surface area (Å²) in [7, 11) is 5.23. The van der Waals surface area contributed by atoms with Gasteiger partial charge in [0.05, 0.1) is 12.6 Å². The molecule has 0 spiro atoms. The van der Waals surface area contributed by atoms with Crippen LogP contribution in [0.3, 0.4) is 0 Å². The predicted molar refractivity (Wildman–Crippen MR) is 45.0 cm³/mol. The molecule has 0 aromatic carbocycles. The molecule has 4 unspecified atom stereocenters. The lowest BCUT2D eigenvalue weighted by atomic mass is 9.82. The maximum Gasteiger partial charge on any atom is 0.217 e. The van der Waals surface area contributed by atoms with E-state index in [2.05, 4.69) is 0 Å². The highest BCUT2D eigenvalue weighted by Crippen LogP contribution is 2.32. The van der Waals surface area contributed by atoms with Gasteiger partial charge in [-0.1, -0.05) is 0 Å². The van der Waals surface area contributed by atoms with E-state index in [9.17, 15) is 9.50 Å². The lowest BCUT2D eigenvalue weighted by molar-refractivity contribution is -0.00798. The molecule has 0 saturated carbocycles. The van der Waals surface area contributed by atoms with Crippen LogP contribution in [0.25, 0.3) is 0 Å². The molecule has 2 radical (unpaired) electrons. The summed E-state index contributed by atoms with van der Waals surface area (Å²) in [6, 6.07) is -1.40. The largest absolute Gasteiger partial charge is 0.394 e. The molecule has 70 valence electrons. The van der Waals surface area contributed by atoms with E-state index in [4.69, 9.17) is 29.3 Å². The fourth-order valence-corrected chi connectivity index (χ4v) is 1.31. The van der Waals surface area contributed by atoms with E-state index in [1.807, 2.05) is 5.92 Å². The Kier molecular flexibility index (Phi) is 3.20. The van der Waals surface area contributed by atoms with E-state index in [-0.39, 0.29) is 0 Å². The van der Waals surface area contributed by atoms with E-state index in [1.165, 1.54) is 0 Å². The van der Waals surface area contributed by atoms with Gasteiger partial charge in [0.25, 0.3) is 0 Å². The van der Waals surface area contributed by atoms with Gasteiger partial charge >= 0.3 is 0 Å². The van der Waals surface area contributed by atoms with Crippen molar-refractivity contribution in [3.63, 3.8) is 0 Å². The van der Waals surface area contributed by atoms with Gasteiger partial charge in [0, 0.05) is 5.38 Å². The molecule has 1 aliphatic rings. The lowest BCUT2D eigenvalue weighted by Crippen LogP contribution is -2.43. The summed E-state index contributed by atoms with van der Waals surface area (Å²) in [6.45, 7) is -0.523. The number of ether oxygens (including phenoxy) is 1. The third-order valence-electron chi connectivity index (χ3n) is 1.94. The number of hydrogen-bond donors (Lipinski definition) is 2. The van der Waals surface area contributed by atoms with E-state index in [0.29, 0.717) is 0 Å². The quantitative estimate of drug-likeness (QED) is 0.432. The monoisotopic (exact) mass is 204 g/mol. The van der Waals surface area contributed by atoms with Gasteiger partial charge in [0.1, 0.15) is 20.1 Å². The number of hydrogen-bond acceptors (Lipinski definition) is 3. The Morgan fingerprint density at radius 1 is 1.69 bits per heavy atom. The molecule has 2 N–H and O–H groups in total. The maximum atomic E-state index is 13.7. The number of aliphatic hydroxyl groups is 2. The van der Waals surface area contributed by atoms with Gasteiger partial charge < -0.3 is 14.9 Å². The lowest BCUT2D eigenvalue weighted by Gasteiger charge is -2.19. The van der Waals surface area contributed by atoms with Gasteiger partial charge in [-0.25, -0.2) is 4.39 Å². The number of rotatable bonds is 1. The molecule has 13 heavy (non-hydrogen) atoms. The zero-order chi connectivity index (χ0) is 10.1. The predicted octanol–water partition coefficient (Wildman–Crippen LogP) is -0.859. The van der Waals surface area contributed by atoms with Crippen molar-refractivity contribution < 1.29 is 19.3 Å². The average molecular weight is 204 g/mol. The normalized spacial score (nSPS) is 44.2. The van der Waals surface area contributed by atoms with Gasteiger partial charge in [-0.2, -0.15) is 0 Å². The molecule has 1 aliphatic heterocycles. The highest BCUT2D eigenvalue weighted by Gasteiger charge is 2.53. The van der Waals surface area contributed by atoms with Crippen LogP contribution in [-0.2, 0) is 4.74 Å². The molecule has 1 heterocycles. The Balaban J connectivity index is 2.90. The van der Waals surface area contributed by atoms with Gasteiger partial charge in [-0.3, -0.25) is 0 Å². The Morgan fingerprint density at radius 2 is 2.31 bits per heavy atom. The highest BCUT2D eigenvalue weighted by molar-refractivity contribution is 6.30. The van der Waals surface area contributed by atoms with Crippen LogP contribution in [0.5, 0.6) is 0 Å². The first-order valence-electron chi connectivity index (χ1n) is 3.58. The second-order valence-corrected chi connectivity index (χ2v) is 2.90. The van der Waals surface area contributed by atoms with Crippen LogP contribution in [0.1, 0.15) is 0 Å². The topological polar surface area (TPSA) is 49.7 Å². The summed E-state index contributed by atoms with van der Waals surface area (Å²) in [5.41, 5.74) is -2.41. The fourth-order valence-electron chi connectivity index (χ4n) is 1.16. The summed E-state index contributed by atoms with van der Waals surface area (Å²) in [4.78, 5) is 0. The first-order chi connectivity index (χ1) is 6.06. The first kappa shape index (κ1) is 10.8. The van der Waals surface area contributed by atoms with Crippen molar-refractivity contribution in [2.24, 2.45) is 0 Å². The molecular weight excluding hydrogens is 197 g/mol. The van der Waals surface area contributed by atoms with Crippen molar-refractivity contribution in [1.82, 2.24) is 0 Å². The van der Waals surface area contributed by atoms with Gasteiger partial charge in [-0.15, -0.1) is 0 Å². The second kappa shape index (κ2) is 3.85. The van der Waals surface area contributed by atoms with E-state index in [1.54, 1.807) is 5.38 Å². The molecule has 0 aromatic rings. The first-order valence-corrected chi connectivity index (χ1v) is 3.95. The second-order valence-electron chi connectivity index (χ2n) is 2.71. The molecule has 3 nitrogen and oxygen atoms in total. The molecule has 0 amide bonds. The fraction of sp³-hybridized carbons (Fsp3) is 0.714. The highest BCUT2D eigenvalue weighted by atomic mass is 35.5. The molecule has 0 aromatic heterocycles. The third kappa shape index (κ3) is 1.68. The van der Waals surface area contributed by atoms with Crippen molar-refractivity contribution in [2.45, 2.75) is 23.9 Å². The molecule has 6 heteroatoms. The number of halogens is 2. The summed E-state index contributed by atoms with van der Waals surface area (Å²) in [5.74, 6) is 1.92. The molecule has 0 bridgehead atoms. The van der Waals surface area contributed by atoms with Crippen molar-refractivity contribution >= 4 is 19.4 Å². The van der Waals surface area contributed by atoms with E-state index in [0.717, 1.165) is 0 Å². The molecule has 0 aliphatic carbocycles. The zero-order valence-electron chi connectivity index (χ0n) is 6.58. The van der Waals surface area contributed by atoms with Crippen LogP contribution in [0, 0.1) is 11.3 Å². The maximum absolute atomic E-state index is 13.7. The van der Waals surface area contributed by atoms with E-state index >= 15 is 0 Å². The summed E-state index contributed by atoms with van der Waals surface area (Å²) >= 11 is 5.01. The van der Waals surface area contributed by atoms with Gasteiger partial charge in [0.2, 0.25) is 5.67 Å². The number of alkyl halides is 1. The minimum Gasteiger partial charge on any atom is -0.394 e. The minimum atomic E-state index is -2.41. The van der Waals surface area contributed by atoms with Crippen molar-refractivity contribution in [3.05, 3.63) is 0 Å². The van der Waals surface area contributed by atoms with Crippen LogP contribution < -0.4 is 0 Å². The molecule has 1 fully saturated rings. The smallest absolute Gasteiger partial charge is 0.217 e. The van der Waals surface area contributed by atoms with Crippen LogP contribution in [0.15, 0.2) is 0 Å².